The Hall–Kier alpha value is -1.55. The third kappa shape index (κ3) is 3.75. The van der Waals surface area contributed by atoms with Crippen LogP contribution in [-0.4, -0.2) is 18.6 Å². The van der Waals surface area contributed by atoms with Gasteiger partial charge in [-0.15, -0.1) is 0 Å². The molecule has 0 aliphatic heterocycles. The lowest BCUT2D eigenvalue weighted by Crippen LogP contribution is -2.49. The summed E-state index contributed by atoms with van der Waals surface area (Å²) in [6.07, 6.45) is 5.56. The number of aryl methyl sites for hydroxylation is 1. The maximum atomic E-state index is 12.7. The number of hydrogen-bond donors (Lipinski definition) is 2. The Morgan fingerprint density at radius 1 is 1.29 bits per heavy atom. The molecule has 132 valence electrons. The van der Waals surface area contributed by atoms with Gasteiger partial charge in [0.05, 0.1) is 6.61 Å². The molecule has 2 aliphatic carbocycles. The molecule has 1 amide bonds. The van der Waals surface area contributed by atoms with Crippen LogP contribution >= 0.6 is 0 Å². The highest BCUT2D eigenvalue weighted by atomic mass is 16.5. The molecule has 0 saturated heterocycles. The summed E-state index contributed by atoms with van der Waals surface area (Å²) >= 11 is 0. The zero-order chi connectivity index (χ0) is 17.1. The van der Waals surface area contributed by atoms with Crippen molar-refractivity contribution in [1.29, 1.82) is 0 Å². The number of ether oxygens (including phenoxy) is 1. The summed E-state index contributed by atoms with van der Waals surface area (Å²) < 4.78 is 5.70. The van der Waals surface area contributed by atoms with Crippen LogP contribution in [0, 0.1) is 24.7 Å². The first kappa shape index (κ1) is 17.3. The molecule has 2 fully saturated rings. The minimum atomic E-state index is 0.126. The Kier molecular flexibility index (Phi) is 5.44. The highest BCUT2D eigenvalue weighted by molar-refractivity contribution is 5.78. The molecular weight excluding hydrogens is 300 g/mol. The lowest BCUT2D eigenvalue weighted by molar-refractivity contribution is -0.128. The number of amides is 1. The average molecular weight is 330 g/mol. The molecule has 2 unspecified atom stereocenters. The van der Waals surface area contributed by atoms with E-state index in [-0.39, 0.29) is 11.8 Å². The van der Waals surface area contributed by atoms with Gasteiger partial charge in [0.25, 0.3) is 0 Å². The van der Waals surface area contributed by atoms with Gasteiger partial charge in [-0.25, -0.2) is 0 Å². The molecule has 2 saturated carbocycles. The number of carbonyl (C=O) groups is 1. The second-order valence-electron chi connectivity index (χ2n) is 7.46. The van der Waals surface area contributed by atoms with Crippen molar-refractivity contribution < 1.29 is 9.53 Å². The normalized spacial score (nSPS) is 29.1. The van der Waals surface area contributed by atoms with Crippen LogP contribution in [0.5, 0.6) is 5.75 Å². The lowest BCUT2D eigenvalue weighted by atomic mass is 9.65. The van der Waals surface area contributed by atoms with Crippen LogP contribution in [0.2, 0.25) is 0 Å². The van der Waals surface area contributed by atoms with Crippen LogP contribution in [0.1, 0.15) is 50.2 Å². The van der Waals surface area contributed by atoms with Crippen molar-refractivity contribution in [3.63, 3.8) is 0 Å². The second kappa shape index (κ2) is 7.56. The van der Waals surface area contributed by atoms with Crippen molar-refractivity contribution in [2.45, 2.75) is 58.5 Å². The molecule has 0 heterocycles. The van der Waals surface area contributed by atoms with Crippen molar-refractivity contribution in [3.8, 4) is 5.75 Å². The lowest BCUT2D eigenvalue weighted by Gasteiger charge is -2.43. The Balaban J connectivity index is 1.60. The Bertz CT molecular complexity index is 573. The fourth-order valence-corrected chi connectivity index (χ4v) is 4.43. The molecule has 4 nitrogen and oxygen atoms in total. The molecule has 4 heteroatoms. The van der Waals surface area contributed by atoms with E-state index in [1.807, 2.05) is 19.1 Å². The first-order chi connectivity index (χ1) is 11.6. The van der Waals surface area contributed by atoms with Gasteiger partial charge in [-0.05, 0) is 63.0 Å². The Labute approximate surface area is 145 Å². The van der Waals surface area contributed by atoms with Gasteiger partial charge in [0.2, 0.25) is 5.91 Å². The summed E-state index contributed by atoms with van der Waals surface area (Å²) in [5, 5.41) is 3.13. The molecule has 0 aromatic heterocycles. The smallest absolute Gasteiger partial charge is 0.223 e. The molecule has 2 aliphatic rings. The molecule has 0 radical (unpaired) electrons. The fraction of sp³-hybridized carbons (Fsp3) is 0.650. The number of carbonyl (C=O) groups excluding carboxylic acids is 1. The first-order valence-corrected chi connectivity index (χ1v) is 9.34. The first-order valence-electron chi connectivity index (χ1n) is 9.34. The number of fused-ring (bicyclic) bond motifs is 2. The molecule has 24 heavy (non-hydrogen) atoms. The summed E-state index contributed by atoms with van der Waals surface area (Å²) in [6, 6.07) is 6.46. The number of benzene rings is 1. The summed E-state index contributed by atoms with van der Waals surface area (Å²) in [4.78, 5) is 12.7. The highest BCUT2D eigenvalue weighted by Gasteiger charge is 2.40. The van der Waals surface area contributed by atoms with E-state index < -0.39 is 0 Å². The van der Waals surface area contributed by atoms with Gasteiger partial charge in [-0.1, -0.05) is 18.6 Å². The van der Waals surface area contributed by atoms with Crippen molar-refractivity contribution in [2.24, 2.45) is 23.5 Å². The van der Waals surface area contributed by atoms with Gasteiger partial charge in [-0.3, -0.25) is 4.79 Å². The van der Waals surface area contributed by atoms with Crippen LogP contribution < -0.4 is 15.8 Å². The monoisotopic (exact) mass is 330 g/mol. The molecule has 2 bridgehead atoms. The maximum absolute atomic E-state index is 12.7. The zero-order valence-corrected chi connectivity index (χ0v) is 14.9. The SMILES string of the molecule is CCOc1cc(C)ccc1CNC(=O)C1CC2CCCC(C1)C2N. The molecule has 0 spiro atoms. The molecular formula is C20H30N2O2. The quantitative estimate of drug-likeness (QED) is 0.871. The average Bonchev–Trinajstić information content (AvgIpc) is 2.54. The van der Waals surface area contributed by atoms with Crippen LogP contribution in [0.15, 0.2) is 18.2 Å². The minimum Gasteiger partial charge on any atom is -0.494 e. The van der Waals surface area contributed by atoms with Gasteiger partial charge in [0.1, 0.15) is 5.75 Å². The largest absolute Gasteiger partial charge is 0.494 e. The highest BCUT2D eigenvalue weighted by Crippen LogP contribution is 2.41. The van der Waals surface area contributed by atoms with E-state index in [0.29, 0.717) is 31.0 Å². The van der Waals surface area contributed by atoms with Crippen molar-refractivity contribution >= 4 is 5.91 Å². The van der Waals surface area contributed by atoms with Crippen LogP contribution in [0.25, 0.3) is 0 Å². The van der Waals surface area contributed by atoms with Gasteiger partial charge >= 0.3 is 0 Å². The van der Waals surface area contributed by atoms with Crippen molar-refractivity contribution in [3.05, 3.63) is 29.3 Å². The van der Waals surface area contributed by atoms with Crippen LogP contribution in [0.3, 0.4) is 0 Å². The molecule has 1 aromatic carbocycles. The molecule has 1 aromatic rings. The third-order valence-electron chi connectivity index (χ3n) is 5.76. The Morgan fingerprint density at radius 2 is 2.00 bits per heavy atom. The van der Waals surface area contributed by atoms with Gasteiger partial charge in [0, 0.05) is 24.1 Å². The van der Waals surface area contributed by atoms with Crippen molar-refractivity contribution in [2.75, 3.05) is 6.61 Å². The number of rotatable bonds is 5. The van der Waals surface area contributed by atoms with E-state index in [4.69, 9.17) is 10.5 Å². The van der Waals surface area contributed by atoms with E-state index >= 15 is 0 Å². The second-order valence-corrected chi connectivity index (χ2v) is 7.46. The number of nitrogens with two attached hydrogens (primary N) is 1. The predicted octanol–water partition coefficient (Wildman–Crippen LogP) is 3.16. The van der Waals surface area contributed by atoms with Gasteiger partial charge in [-0.2, -0.15) is 0 Å². The number of nitrogens with one attached hydrogen (secondary N) is 1. The van der Waals surface area contributed by atoms with E-state index in [2.05, 4.69) is 18.3 Å². The van der Waals surface area contributed by atoms with Crippen LogP contribution in [-0.2, 0) is 11.3 Å². The predicted molar refractivity (Wildman–Crippen MR) is 95.7 cm³/mol. The van der Waals surface area contributed by atoms with Gasteiger partial charge in [0.15, 0.2) is 0 Å². The Morgan fingerprint density at radius 3 is 2.67 bits per heavy atom. The minimum absolute atomic E-state index is 0.126. The van der Waals surface area contributed by atoms with E-state index in [1.165, 1.54) is 24.8 Å². The van der Waals surface area contributed by atoms with Gasteiger partial charge < -0.3 is 15.8 Å². The summed E-state index contributed by atoms with van der Waals surface area (Å²) in [6.45, 7) is 5.20. The molecule has 2 atom stereocenters. The number of hydrogen-bond acceptors (Lipinski definition) is 3. The maximum Gasteiger partial charge on any atom is 0.223 e. The van der Waals surface area contributed by atoms with E-state index in [0.717, 1.165) is 24.2 Å². The van der Waals surface area contributed by atoms with E-state index in [1.54, 1.807) is 0 Å². The standard InChI is InChI=1S/C20H30N2O2/c1-3-24-18-9-13(2)7-8-16(18)12-22-20(23)17-10-14-5-4-6-15(11-17)19(14)21/h7-9,14-15,17,19H,3-6,10-12,21H2,1-2H3,(H,22,23). The summed E-state index contributed by atoms with van der Waals surface area (Å²) in [7, 11) is 0. The zero-order valence-electron chi connectivity index (χ0n) is 14.9. The van der Waals surface area contributed by atoms with Crippen LogP contribution in [0.4, 0.5) is 0 Å². The fourth-order valence-electron chi connectivity index (χ4n) is 4.43. The third-order valence-corrected chi connectivity index (χ3v) is 5.76. The van der Waals surface area contributed by atoms with Crippen molar-refractivity contribution in [1.82, 2.24) is 5.32 Å². The topological polar surface area (TPSA) is 64.3 Å². The molecule has 3 rings (SSSR count). The summed E-state index contributed by atoms with van der Waals surface area (Å²) in [5.41, 5.74) is 8.54. The van der Waals surface area contributed by atoms with E-state index in [9.17, 15) is 4.79 Å². The molecule has 3 N–H and O–H groups in total. The summed E-state index contributed by atoms with van der Waals surface area (Å²) in [5.74, 6) is 2.25.